The maximum absolute atomic E-state index is 12.4. The van der Waals surface area contributed by atoms with Crippen molar-refractivity contribution in [2.24, 2.45) is 4.99 Å². The van der Waals surface area contributed by atoms with Crippen LogP contribution in [-0.4, -0.2) is 50.0 Å². The van der Waals surface area contributed by atoms with E-state index in [9.17, 15) is 8.78 Å². The predicted octanol–water partition coefficient (Wildman–Crippen LogP) is 2.57. The van der Waals surface area contributed by atoms with Crippen molar-refractivity contribution < 1.29 is 8.78 Å². The number of guanidine groups is 1. The van der Waals surface area contributed by atoms with E-state index in [1.54, 1.807) is 18.0 Å². The quantitative estimate of drug-likeness (QED) is 0.401. The third kappa shape index (κ3) is 7.52. The molecule has 1 aliphatic rings. The van der Waals surface area contributed by atoms with Crippen molar-refractivity contribution in [1.29, 1.82) is 5.26 Å². The summed E-state index contributed by atoms with van der Waals surface area (Å²) in [5.41, 5.74) is 1.63. The molecule has 1 heterocycles. The molecule has 1 aromatic rings. The Bertz CT molecular complexity index is 595. The summed E-state index contributed by atoms with van der Waals surface area (Å²) in [7, 11) is 1.70. The first-order valence-corrected chi connectivity index (χ1v) is 8.07. The van der Waals surface area contributed by atoms with Crippen LogP contribution in [0.4, 0.5) is 8.78 Å². The van der Waals surface area contributed by atoms with Gasteiger partial charge in [-0.1, -0.05) is 12.1 Å². The standard InChI is InChI=1S/C17H23F2N5.HI/c1-21-17(22-11-14-4-2-3-13(9-14)10-20)23-15-5-7-24(8-6-15)12-16(18)19;/h2-4,9,15-16H,5-8,11-12H2,1H3,(H2,21,22,23);1H. The minimum absolute atomic E-state index is 0. The summed E-state index contributed by atoms with van der Waals surface area (Å²) in [5.74, 6) is 0.685. The van der Waals surface area contributed by atoms with E-state index in [1.807, 2.05) is 18.2 Å². The number of hydrogen-bond donors (Lipinski definition) is 2. The zero-order valence-corrected chi connectivity index (χ0v) is 16.5. The first-order chi connectivity index (χ1) is 11.6. The van der Waals surface area contributed by atoms with Crippen molar-refractivity contribution in [2.75, 3.05) is 26.7 Å². The summed E-state index contributed by atoms with van der Waals surface area (Å²) in [6.07, 6.45) is -0.637. The second-order valence-electron chi connectivity index (χ2n) is 5.85. The van der Waals surface area contributed by atoms with Gasteiger partial charge in [0.15, 0.2) is 5.96 Å². The number of benzene rings is 1. The Kier molecular flexibility index (Phi) is 9.67. The number of halogens is 3. The molecular formula is C17H24F2IN5. The Hall–Kier alpha value is -1.47. The van der Waals surface area contributed by atoms with Crippen LogP contribution < -0.4 is 10.6 Å². The predicted molar refractivity (Wildman–Crippen MR) is 105 cm³/mol. The SMILES string of the molecule is CN=C(NCc1cccc(C#N)c1)NC1CCN(CC(F)F)CC1.I. The zero-order valence-electron chi connectivity index (χ0n) is 14.2. The molecule has 0 aromatic heterocycles. The normalized spacial score (nSPS) is 16.2. The van der Waals surface area contributed by atoms with Crippen LogP contribution in [0.25, 0.3) is 0 Å². The topological polar surface area (TPSA) is 63.5 Å². The van der Waals surface area contributed by atoms with Crippen LogP contribution in [0, 0.1) is 11.3 Å². The number of nitrogens with zero attached hydrogens (tertiary/aromatic N) is 3. The molecule has 8 heteroatoms. The molecule has 0 atom stereocenters. The van der Waals surface area contributed by atoms with E-state index < -0.39 is 6.43 Å². The molecule has 25 heavy (non-hydrogen) atoms. The molecule has 0 spiro atoms. The lowest BCUT2D eigenvalue weighted by Gasteiger charge is -2.32. The minimum atomic E-state index is -2.27. The summed E-state index contributed by atoms with van der Waals surface area (Å²) < 4.78 is 24.8. The van der Waals surface area contributed by atoms with E-state index in [4.69, 9.17) is 5.26 Å². The molecule has 1 aromatic carbocycles. The molecule has 138 valence electrons. The van der Waals surface area contributed by atoms with Gasteiger partial charge in [-0.05, 0) is 30.5 Å². The Morgan fingerprint density at radius 3 is 2.72 bits per heavy atom. The van der Waals surface area contributed by atoms with Crippen LogP contribution >= 0.6 is 24.0 Å². The fourth-order valence-corrected chi connectivity index (χ4v) is 2.78. The monoisotopic (exact) mass is 463 g/mol. The number of nitriles is 1. The number of piperidine rings is 1. The Balaban J connectivity index is 0.00000312. The van der Waals surface area contributed by atoms with Crippen molar-refractivity contribution in [3.05, 3.63) is 35.4 Å². The highest BCUT2D eigenvalue weighted by Crippen LogP contribution is 2.12. The molecule has 0 amide bonds. The van der Waals surface area contributed by atoms with Crippen molar-refractivity contribution in [1.82, 2.24) is 15.5 Å². The lowest BCUT2D eigenvalue weighted by Crippen LogP contribution is -2.49. The van der Waals surface area contributed by atoms with E-state index in [1.165, 1.54) is 0 Å². The maximum atomic E-state index is 12.4. The van der Waals surface area contributed by atoms with Crippen LogP contribution in [0.5, 0.6) is 0 Å². The van der Waals surface area contributed by atoms with Crippen molar-refractivity contribution in [2.45, 2.75) is 31.9 Å². The van der Waals surface area contributed by atoms with Crippen LogP contribution in [0.2, 0.25) is 0 Å². The Morgan fingerprint density at radius 1 is 1.40 bits per heavy atom. The lowest BCUT2D eigenvalue weighted by molar-refractivity contribution is 0.0744. The fraction of sp³-hybridized carbons (Fsp3) is 0.529. The first-order valence-electron chi connectivity index (χ1n) is 8.07. The molecule has 2 N–H and O–H groups in total. The van der Waals surface area contributed by atoms with Crippen molar-refractivity contribution in [3.8, 4) is 6.07 Å². The first kappa shape index (κ1) is 21.6. The van der Waals surface area contributed by atoms with Crippen LogP contribution in [0.3, 0.4) is 0 Å². The Morgan fingerprint density at radius 2 is 2.12 bits per heavy atom. The smallest absolute Gasteiger partial charge is 0.251 e. The summed E-state index contributed by atoms with van der Waals surface area (Å²) >= 11 is 0. The van der Waals surface area contributed by atoms with Gasteiger partial charge in [0.05, 0.1) is 18.2 Å². The lowest BCUT2D eigenvalue weighted by atomic mass is 10.1. The highest BCUT2D eigenvalue weighted by atomic mass is 127. The van der Waals surface area contributed by atoms with E-state index in [0.29, 0.717) is 31.2 Å². The fourth-order valence-electron chi connectivity index (χ4n) is 2.78. The second-order valence-corrected chi connectivity index (χ2v) is 5.85. The summed E-state index contributed by atoms with van der Waals surface area (Å²) in [6, 6.07) is 9.76. The number of hydrogen-bond acceptors (Lipinski definition) is 3. The highest BCUT2D eigenvalue weighted by Gasteiger charge is 2.21. The molecule has 2 rings (SSSR count). The highest BCUT2D eigenvalue weighted by molar-refractivity contribution is 14.0. The average Bonchev–Trinajstić information content (AvgIpc) is 2.59. The van der Waals surface area contributed by atoms with Gasteiger partial charge in [-0.15, -0.1) is 24.0 Å². The van der Waals surface area contributed by atoms with Crippen LogP contribution in [0.1, 0.15) is 24.0 Å². The van der Waals surface area contributed by atoms with Gasteiger partial charge < -0.3 is 10.6 Å². The number of likely N-dealkylation sites (tertiary alicyclic amines) is 1. The van der Waals surface area contributed by atoms with Crippen molar-refractivity contribution in [3.63, 3.8) is 0 Å². The Labute approximate surface area is 164 Å². The molecule has 0 radical (unpaired) electrons. The molecule has 5 nitrogen and oxygen atoms in total. The van der Waals surface area contributed by atoms with Crippen LogP contribution in [0.15, 0.2) is 29.3 Å². The van der Waals surface area contributed by atoms with E-state index in [0.717, 1.165) is 18.4 Å². The van der Waals surface area contributed by atoms with Gasteiger partial charge in [0, 0.05) is 32.7 Å². The zero-order chi connectivity index (χ0) is 17.4. The van der Waals surface area contributed by atoms with Crippen molar-refractivity contribution >= 4 is 29.9 Å². The number of nitrogens with one attached hydrogen (secondary N) is 2. The van der Waals surface area contributed by atoms with Crippen LogP contribution in [-0.2, 0) is 6.54 Å². The van der Waals surface area contributed by atoms with Gasteiger partial charge in [0.1, 0.15) is 0 Å². The van der Waals surface area contributed by atoms with Gasteiger partial charge in [-0.3, -0.25) is 9.89 Å². The summed E-state index contributed by atoms with van der Waals surface area (Å²) in [6.45, 7) is 1.76. The average molecular weight is 463 g/mol. The molecule has 1 fully saturated rings. The summed E-state index contributed by atoms with van der Waals surface area (Å²) in [4.78, 5) is 6.00. The van der Waals surface area contributed by atoms with Gasteiger partial charge >= 0.3 is 0 Å². The van der Waals surface area contributed by atoms with Gasteiger partial charge in [-0.2, -0.15) is 5.26 Å². The number of aliphatic imine (C=N–C) groups is 1. The molecular weight excluding hydrogens is 439 g/mol. The molecule has 1 saturated heterocycles. The van der Waals surface area contributed by atoms with E-state index >= 15 is 0 Å². The van der Waals surface area contributed by atoms with E-state index in [2.05, 4.69) is 21.7 Å². The number of alkyl halides is 2. The molecule has 0 aliphatic carbocycles. The second kappa shape index (κ2) is 11.2. The number of rotatable bonds is 5. The largest absolute Gasteiger partial charge is 0.354 e. The molecule has 0 bridgehead atoms. The van der Waals surface area contributed by atoms with Gasteiger partial charge in [0.2, 0.25) is 0 Å². The summed E-state index contributed by atoms with van der Waals surface area (Å²) in [5, 5.41) is 15.5. The van der Waals surface area contributed by atoms with Gasteiger partial charge in [-0.25, -0.2) is 8.78 Å². The van der Waals surface area contributed by atoms with E-state index in [-0.39, 0.29) is 36.6 Å². The minimum Gasteiger partial charge on any atom is -0.354 e. The third-order valence-corrected chi connectivity index (χ3v) is 4.06. The molecule has 0 saturated carbocycles. The third-order valence-electron chi connectivity index (χ3n) is 4.06. The molecule has 0 unspecified atom stereocenters. The maximum Gasteiger partial charge on any atom is 0.251 e. The molecule has 1 aliphatic heterocycles. The van der Waals surface area contributed by atoms with Gasteiger partial charge in [0.25, 0.3) is 6.43 Å².